The molecule has 2 rings (SSSR count). The zero-order valence-electron chi connectivity index (χ0n) is 8.38. The molecule has 2 aromatic rings. The van der Waals surface area contributed by atoms with Crippen molar-refractivity contribution in [1.29, 1.82) is 0 Å². The van der Waals surface area contributed by atoms with E-state index in [2.05, 4.69) is 10.3 Å². The van der Waals surface area contributed by atoms with E-state index in [1.54, 1.807) is 18.2 Å². The van der Waals surface area contributed by atoms with E-state index in [1.165, 1.54) is 0 Å². The van der Waals surface area contributed by atoms with E-state index >= 15 is 0 Å². The molecule has 1 heterocycles. The van der Waals surface area contributed by atoms with Gasteiger partial charge in [-0.2, -0.15) is 0 Å². The zero-order valence-corrected chi connectivity index (χ0v) is 8.38. The van der Waals surface area contributed by atoms with Gasteiger partial charge in [-0.1, -0.05) is 19.1 Å². The molecule has 0 radical (unpaired) electrons. The average Bonchev–Trinajstić information content (AvgIpc) is 2.29. The molecule has 78 valence electrons. The largest absolute Gasteiger partial charge is 0.392 e. The SMILES string of the molecule is CCCOn1nnc2ccccc2c1=O. The summed E-state index contributed by atoms with van der Waals surface area (Å²) in [6.45, 7) is 2.41. The maximum atomic E-state index is 11.8. The van der Waals surface area contributed by atoms with Gasteiger partial charge >= 0.3 is 5.56 Å². The Morgan fingerprint density at radius 1 is 1.40 bits per heavy atom. The van der Waals surface area contributed by atoms with Crippen molar-refractivity contribution in [3.8, 4) is 0 Å². The second-order valence-electron chi connectivity index (χ2n) is 3.12. The van der Waals surface area contributed by atoms with E-state index in [0.29, 0.717) is 17.5 Å². The van der Waals surface area contributed by atoms with E-state index in [-0.39, 0.29) is 5.56 Å². The van der Waals surface area contributed by atoms with Crippen molar-refractivity contribution < 1.29 is 4.84 Å². The molecule has 5 heteroatoms. The van der Waals surface area contributed by atoms with Crippen molar-refractivity contribution in [2.75, 3.05) is 6.61 Å². The molecule has 0 fully saturated rings. The van der Waals surface area contributed by atoms with Gasteiger partial charge in [0.1, 0.15) is 12.1 Å². The second kappa shape index (κ2) is 4.08. The van der Waals surface area contributed by atoms with Crippen LogP contribution in [0.2, 0.25) is 0 Å². The summed E-state index contributed by atoms with van der Waals surface area (Å²) < 4.78 is 0. The van der Waals surface area contributed by atoms with E-state index in [1.807, 2.05) is 13.0 Å². The molecule has 0 unspecified atom stereocenters. The third-order valence-corrected chi connectivity index (χ3v) is 1.96. The zero-order chi connectivity index (χ0) is 10.7. The van der Waals surface area contributed by atoms with Crippen LogP contribution in [0.25, 0.3) is 10.9 Å². The quantitative estimate of drug-likeness (QED) is 0.737. The molecule has 1 aromatic heterocycles. The molecule has 0 amide bonds. The first-order valence-electron chi connectivity index (χ1n) is 4.81. The van der Waals surface area contributed by atoms with Gasteiger partial charge in [-0.3, -0.25) is 4.79 Å². The molecular weight excluding hydrogens is 194 g/mol. The normalized spacial score (nSPS) is 10.5. The maximum Gasteiger partial charge on any atom is 0.314 e. The fourth-order valence-corrected chi connectivity index (χ4v) is 1.24. The number of rotatable bonds is 3. The van der Waals surface area contributed by atoms with Crippen molar-refractivity contribution in [2.24, 2.45) is 0 Å². The number of fused-ring (bicyclic) bond motifs is 1. The van der Waals surface area contributed by atoms with Crippen LogP contribution in [0, 0.1) is 0 Å². The van der Waals surface area contributed by atoms with E-state index in [4.69, 9.17) is 4.84 Å². The second-order valence-corrected chi connectivity index (χ2v) is 3.12. The number of benzene rings is 1. The topological polar surface area (TPSA) is 57.0 Å². The van der Waals surface area contributed by atoms with Gasteiger partial charge < -0.3 is 4.84 Å². The molecule has 0 aliphatic heterocycles. The monoisotopic (exact) mass is 205 g/mol. The third kappa shape index (κ3) is 1.81. The van der Waals surface area contributed by atoms with Crippen LogP contribution in [-0.4, -0.2) is 21.8 Å². The molecule has 0 aliphatic rings. The highest BCUT2D eigenvalue weighted by Gasteiger charge is 2.04. The van der Waals surface area contributed by atoms with Crippen molar-refractivity contribution >= 4 is 10.9 Å². The lowest BCUT2D eigenvalue weighted by molar-refractivity contribution is 0.0674. The van der Waals surface area contributed by atoms with Crippen LogP contribution in [0.3, 0.4) is 0 Å². The molecule has 15 heavy (non-hydrogen) atoms. The number of hydrogen-bond donors (Lipinski definition) is 0. The van der Waals surface area contributed by atoms with Crippen LogP contribution >= 0.6 is 0 Å². The predicted octanol–water partition coefficient (Wildman–Crippen LogP) is 0.630. The Kier molecular flexibility index (Phi) is 2.62. The highest BCUT2D eigenvalue weighted by atomic mass is 16.7. The van der Waals surface area contributed by atoms with Crippen molar-refractivity contribution in [3.05, 3.63) is 34.6 Å². The van der Waals surface area contributed by atoms with Crippen molar-refractivity contribution in [3.63, 3.8) is 0 Å². The molecule has 0 aliphatic carbocycles. The molecule has 1 aromatic carbocycles. The summed E-state index contributed by atoms with van der Waals surface area (Å²) in [5, 5.41) is 8.08. The third-order valence-electron chi connectivity index (χ3n) is 1.96. The predicted molar refractivity (Wildman–Crippen MR) is 55.5 cm³/mol. The summed E-state index contributed by atoms with van der Waals surface area (Å²) in [6, 6.07) is 7.05. The molecule has 0 bridgehead atoms. The van der Waals surface area contributed by atoms with E-state index < -0.39 is 0 Å². The van der Waals surface area contributed by atoms with Gasteiger partial charge in [0.2, 0.25) is 0 Å². The fraction of sp³-hybridized carbons (Fsp3) is 0.300. The summed E-state index contributed by atoms with van der Waals surface area (Å²) in [5.74, 6) is 0. The van der Waals surface area contributed by atoms with Gasteiger partial charge in [-0.15, -0.1) is 5.10 Å². The van der Waals surface area contributed by atoms with Crippen LogP contribution in [0.5, 0.6) is 0 Å². The standard InChI is InChI=1S/C10H11N3O2/c1-2-7-15-13-10(14)8-5-3-4-6-9(8)11-12-13/h3-6H,2,7H2,1H3. The first kappa shape index (κ1) is 9.64. The lowest BCUT2D eigenvalue weighted by Gasteiger charge is -2.04. The molecule has 5 nitrogen and oxygen atoms in total. The highest BCUT2D eigenvalue weighted by Crippen LogP contribution is 2.02. The molecule has 0 atom stereocenters. The van der Waals surface area contributed by atoms with Gasteiger partial charge in [0, 0.05) is 0 Å². The van der Waals surface area contributed by atoms with Crippen LogP contribution in [0.4, 0.5) is 0 Å². The fourth-order valence-electron chi connectivity index (χ4n) is 1.24. The minimum atomic E-state index is -0.269. The first-order chi connectivity index (χ1) is 7.33. The summed E-state index contributed by atoms with van der Waals surface area (Å²) >= 11 is 0. The van der Waals surface area contributed by atoms with Crippen LogP contribution in [0.15, 0.2) is 29.1 Å². The summed E-state index contributed by atoms with van der Waals surface area (Å²) in [7, 11) is 0. The van der Waals surface area contributed by atoms with E-state index in [9.17, 15) is 4.79 Å². The average molecular weight is 205 g/mol. The Hall–Kier alpha value is -1.91. The summed E-state index contributed by atoms with van der Waals surface area (Å²) in [6.07, 6.45) is 0.820. The summed E-state index contributed by atoms with van der Waals surface area (Å²) in [5.41, 5.74) is 0.313. The van der Waals surface area contributed by atoms with Gasteiger partial charge in [-0.25, -0.2) is 0 Å². The van der Waals surface area contributed by atoms with Gasteiger partial charge in [0.05, 0.1) is 5.39 Å². The van der Waals surface area contributed by atoms with Crippen LogP contribution in [-0.2, 0) is 0 Å². The minimum absolute atomic E-state index is 0.269. The number of nitrogens with zero attached hydrogens (tertiary/aromatic N) is 3. The lowest BCUT2D eigenvalue weighted by Crippen LogP contribution is -2.30. The Bertz CT molecular complexity index is 521. The Labute approximate surface area is 86.2 Å². The molecule has 0 saturated heterocycles. The lowest BCUT2D eigenvalue weighted by atomic mass is 10.2. The minimum Gasteiger partial charge on any atom is -0.392 e. The smallest absolute Gasteiger partial charge is 0.314 e. The van der Waals surface area contributed by atoms with Crippen LogP contribution in [0.1, 0.15) is 13.3 Å². The van der Waals surface area contributed by atoms with Gasteiger partial charge in [-0.05, 0) is 28.6 Å². The molecule has 0 saturated carbocycles. The summed E-state index contributed by atoms with van der Waals surface area (Å²) in [4.78, 5) is 17.8. The first-order valence-corrected chi connectivity index (χ1v) is 4.81. The maximum absolute atomic E-state index is 11.8. The molecular formula is C10H11N3O2. The molecule has 0 spiro atoms. The van der Waals surface area contributed by atoms with E-state index in [0.717, 1.165) is 11.3 Å². The number of hydrogen-bond acceptors (Lipinski definition) is 4. The van der Waals surface area contributed by atoms with Gasteiger partial charge in [0.15, 0.2) is 0 Å². The number of aromatic nitrogens is 3. The van der Waals surface area contributed by atoms with Crippen molar-refractivity contribution in [2.45, 2.75) is 13.3 Å². The van der Waals surface area contributed by atoms with Crippen molar-refractivity contribution in [1.82, 2.24) is 15.2 Å². The highest BCUT2D eigenvalue weighted by molar-refractivity contribution is 5.76. The van der Waals surface area contributed by atoms with Gasteiger partial charge in [0.25, 0.3) is 0 Å². The Morgan fingerprint density at radius 2 is 2.20 bits per heavy atom. The Balaban J connectivity index is 2.51. The van der Waals surface area contributed by atoms with Crippen LogP contribution < -0.4 is 10.4 Å². The Morgan fingerprint density at radius 3 is 3.00 bits per heavy atom. The molecule has 0 N–H and O–H groups in total.